The monoisotopic (exact) mass is 290 g/mol. The molecule has 0 unspecified atom stereocenters. The van der Waals surface area contributed by atoms with E-state index in [0.29, 0.717) is 0 Å². The summed E-state index contributed by atoms with van der Waals surface area (Å²) in [6.07, 6.45) is 1.72. The third-order valence-electron chi connectivity index (χ3n) is 3.54. The van der Waals surface area contributed by atoms with E-state index in [4.69, 9.17) is 0 Å². The van der Waals surface area contributed by atoms with Crippen LogP contribution >= 0.6 is 11.5 Å². The van der Waals surface area contributed by atoms with Gasteiger partial charge in [-0.1, -0.05) is 6.92 Å². The van der Waals surface area contributed by atoms with Crippen molar-refractivity contribution in [3.63, 3.8) is 0 Å². The second-order valence-electron chi connectivity index (χ2n) is 4.91. The number of nitrogens with zero attached hydrogens (tertiary/aromatic N) is 6. The zero-order valence-corrected chi connectivity index (χ0v) is 12.6. The summed E-state index contributed by atoms with van der Waals surface area (Å²) < 4.78 is 4.45. The van der Waals surface area contributed by atoms with Gasteiger partial charge in [0.2, 0.25) is 5.13 Å². The Morgan fingerprint density at radius 3 is 2.75 bits per heavy atom. The molecule has 0 spiro atoms. The lowest BCUT2D eigenvalue weighted by Gasteiger charge is -2.33. The van der Waals surface area contributed by atoms with Crippen LogP contribution in [0.2, 0.25) is 0 Å². The van der Waals surface area contributed by atoms with Crippen molar-refractivity contribution in [3.8, 4) is 11.4 Å². The smallest absolute Gasteiger partial charge is 0.205 e. The molecule has 1 fully saturated rings. The molecule has 0 aromatic carbocycles. The van der Waals surface area contributed by atoms with Gasteiger partial charge in [-0.2, -0.15) is 19.6 Å². The summed E-state index contributed by atoms with van der Waals surface area (Å²) in [6, 6.07) is 1.97. The van der Waals surface area contributed by atoms with Crippen molar-refractivity contribution in [2.75, 3.05) is 37.6 Å². The van der Waals surface area contributed by atoms with Gasteiger partial charge in [0.05, 0.1) is 11.9 Å². The molecule has 1 aliphatic rings. The Morgan fingerprint density at radius 2 is 2.05 bits per heavy atom. The van der Waals surface area contributed by atoms with E-state index in [2.05, 4.69) is 36.3 Å². The Bertz CT molecular complexity index is 576. The molecule has 1 saturated heterocycles. The molecule has 0 N–H and O–H groups in total. The number of hydrogen-bond acceptors (Lipinski definition) is 7. The van der Waals surface area contributed by atoms with E-state index in [1.807, 2.05) is 13.0 Å². The summed E-state index contributed by atoms with van der Waals surface area (Å²) in [5.41, 5.74) is 1.82. The van der Waals surface area contributed by atoms with Gasteiger partial charge in [-0.15, -0.1) is 0 Å². The zero-order valence-electron chi connectivity index (χ0n) is 11.8. The predicted octanol–water partition coefficient (Wildman–Crippen LogP) is 1.45. The summed E-state index contributed by atoms with van der Waals surface area (Å²) in [7, 11) is 0. The molecular formula is C13H18N6S. The summed E-state index contributed by atoms with van der Waals surface area (Å²) >= 11 is 1.46. The first-order valence-corrected chi connectivity index (χ1v) is 7.64. The lowest BCUT2D eigenvalue weighted by atomic mass is 10.2. The van der Waals surface area contributed by atoms with Crippen LogP contribution in [0, 0.1) is 6.92 Å². The van der Waals surface area contributed by atoms with Crippen LogP contribution in [0.5, 0.6) is 0 Å². The van der Waals surface area contributed by atoms with Gasteiger partial charge in [0.25, 0.3) is 0 Å². The van der Waals surface area contributed by atoms with Crippen LogP contribution in [-0.2, 0) is 0 Å². The second-order valence-corrected chi connectivity index (χ2v) is 5.64. The summed E-state index contributed by atoms with van der Waals surface area (Å²) in [5.74, 6) is 0.751. The molecule has 0 aliphatic carbocycles. The van der Waals surface area contributed by atoms with Gasteiger partial charge in [-0.25, -0.2) is 0 Å². The summed E-state index contributed by atoms with van der Waals surface area (Å²) in [6.45, 7) is 9.50. The predicted molar refractivity (Wildman–Crippen MR) is 80.0 cm³/mol. The molecule has 0 radical (unpaired) electrons. The average Bonchev–Trinajstić information content (AvgIpc) is 2.97. The van der Waals surface area contributed by atoms with Crippen LogP contribution in [0.1, 0.15) is 12.6 Å². The molecule has 0 amide bonds. The van der Waals surface area contributed by atoms with E-state index in [-0.39, 0.29) is 0 Å². The highest BCUT2D eigenvalue weighted by Gasteiger charge is 2.19. The van der Waals surface area contributed by atoms with Crippen molar-refractivity contribution >= 4 is 16.7 Å². The molecule has 2 aromatic rings. The molecule has 106 valence electrons. The third kappa shape index (κ3) is 2.78. The number of anilines is 1. The Morgan fingerprint density at radius 1 is 1.25 bits per heavy atom. The number of hydrogen-bond donors (Lipinski definition) is 0. The van der Waals surface area contributed by atoms with E-state index < -0.39 is 0 Å². The van der Waals surface area contributed by atoms with Gasteiger partial charge < -0.3 is 9.80 Å². The molecule has 0 saturated carbocycles. The Balaban J connectivity index is 1.74. The third-order valence-corrected chi connectivity index (χ3v) is 4.32. The van der Waals surface area contributed by atoms with Crippen LogP contribution in [-0.4, -0.2) is 57.2 Å². The first-order chi connectivity index (χ1) is 9.76. The van der Waals surface area contributed by atoms with Gasteiger partial charge >= 0.3 is 0 Å². The number of aromatic nitrogens is 4. The maximum Gasteiger partial charge on any atom is 0.205 e. The summed E-state index contributed by atoms with van der Waals surface area (Å²) in [5, 5.41) is 8.92. The number of likely N-dealkylation sites (N-methyl/N-ethyl adjacent to an activating group) is 1. The van der Waals surface area contributed by atoms with Crippen molar-refractivity contribution in [2.45, 2.75) is 13.8 Å². The van der Waals surface area contributed by atoms with Crippen molar-refractivity contribution in [1.82, 2.24) is 24.5 Å². The molecular weight excluding hydrogens is 272 g/mol. The van der Waals surface area contributed by atoms with E-state index in [1.165, 1.54) is 11.5 Å². The minimum absolute atomic E-state index is 0.751. The quantitative estimate of drug-likeness (QED) is 0.852. The highest BCUT2D eigenvalue weighted by Crippen LogP contribution is 2.24. The van der Waals surface area contributed by atoms with E-state index in [0.717, 1.165) is 54.9 Å². The van der Waals surface area contributed by atoms with E-state index in [1.54, 1.807) is 6.20 Å². The standard InChI is InChI=1S/C13H18N6S/c1-3-18-4-6-19(7-5-18)13-15-12(17-20-13)11-8-10(2)16-14-9-11/h8-9H,3-7H2,1-2H3. The molecule has 20 heavy (non-hydrogen) atoms. The number of aryl methyl sites for hydroxylation is 1. The molecule has 3 rings (SSSR count). The fourth-order valence-electron chi connectivity index (χ4n) is 2.31. The molecule has 7 heteroatoms. The minimum atomic E-state index is 0.751. The van der Waals surface area contributed by atoms with Crippen molar-refractivity contribution in [3.05, 3.63) is 18.0 Å². The lowest BCUT2D eigenvalue weighted by Crippen LogP contribution is -2.46. The fourth-order valence-corrected chi connectivity index (χ4v) is 3.05. The van der Waals surface area contributed by atoms with Crippen LogP contribution in [0.25, 0.3) is 11.4 Å². The zero-order chi connectivity index (χ0) is 13.9. The fraction of sp³-hybridized carbons (Fsp3) is 0.538. The van der Waals surface area contributed by atoms with Gasteiger partial charge in [-0.05, 0) is 19.5 Å². The van der Waals surface area contributed by atoms with Crippen molar-refractivity contribution < 1.29 is 0 Å². The van der Waals surface area contributed by atoms with Gasteiger partial charge in [0.1, 0.15) is 0 Å². The largest absolute Gasteiger partial charge is 0.344 e. The second kappa shape index (κ2) is 5.80. The van der Waals surface area contributed by atoms with Crippen LogP contribution in [0.15, 0.2) is 12.3 Å². The highest BCUT2D eigenvalue weighted by atomic mass is 32.1. The molecule has 2 aromatic heterocycles. The van der Waals surface area contributed by atoms with Gasteiger partial charge in [0, 0.05) is 43.3 Å². The van der Waals surface area contributed by atoms with E-state index >= 15 is 0 Å². The number of rotatable bonds is 3. The van der Waals surface area contributed by atoms with E-state index in [9.17, 15) is 0 Å². The average molecular weight is 290 g/mol. The highest BCUT2D eigenvalue weighted by molar-refractivity contribution is 7.09. The van der Waals surface area contributed by atoms with Gasteiger partial charge in [0.15, 0.2) is 5.82 Å². The Labute approximate surface area is 122 Å². The topological polar surface area (TPSA) is 58.0 Å². The minimum Gasteiger partial charge on any atom is -0.344 e. The normalized spacial score (nSPS) is 16.6. The Kier molecular flexibility index (Phi) is 3.88. The first kappa shape index (κ1) is 13.4. The van der Waals surface area contributed by atoms with Crippen molar-refractivity contribution in [1.29, 1.82) is 0 Å². The van der Waals surface area contributed by atoms with Crippen LogP contribution < -0.4 is 4.90 Å². The SMILES string of the molecule is CCN1CCN(c2nc(-c3cnnc(C)c3)ns2)CC1. The van der Waals surface area contributed by atoms with Crippen LogP contribution in [0.3, 0.4) is 0 Å². The first-order valence-electron chi connectivity index (χ1n) is 6.87. The molecule has 0 bridgehead atoms. The molecule has 0 atom stereocenters. The van der Waals surface area contributed by atoms with Gasteiger partial charge in [-0.3, -0.25) is 0 Å². The van der Waals surface area contributed by atoms with Crippen molar-refractivity contribution in [2.24, 2.45) is 0 Å². The maximum absolute atomic E-state index is 4.64. The van der Waals surface area contributed by atoms with Crippen LogP contribution in [0.4, 0.5) is 5.13 Å². The maximum atomic E-state index is 4.64. The molecule has 3 heterocycles. The molecule has 6 nitrogen and oxygen atoms in total. The Hall–Kier alpha value is -1.60. The molecule has 1 aliphatic heterocycles. The number of piperazine rings is 1. The lowest BCUT2D eigenvalue weighted by molar-refractivity contribution is 0.271. The summed E-state index contributed by atoms with van der Waals surface area (Å²) in [4.78, 5) is 9.41.